The molecule has 1 atom stereocenters. The first-order valence-corrected chi connectivity index (χ1v) is 10.8. The minimum Gasteiger partial charge on any atom is -0.484 e. The van der Waals surface area contributed by atoms with Crippen LogP contribution in [0.15, 0.2) is 59.1 Å². The summed E-state index contributed by atoms with van der Waals surface area (Å²) >= 11 is 5.93. The Labute approximate surface area is 186 Å². The number of hydrogen-bond donors (Lipinski definition) is 1. The SMILES string of the molecule is O=C(COc1ccc(-c2cc(Cc3ccc(Cl)cc3)on2)cc1)NCC1CCCCO1. The fraction of sp³-hybridized carbons (Fsp3) is 0.333. The zero-order chi connectivity index (χ0) is 21.5. The lowest BCUT2D eigenvalue weighted by molar-refractivity contribution is -0.124. The number of benzene rings is 2. The standard InChI is InChI=1S/C24H25ClN2O4/c25-19-8-4-17(5-9-19)13-22-14-23(27-31-22)18-6-10-20(11-7-18)30-16-24(28)26-15-21-3-1-2-12-29-21/h4-11,14,21H,1-3,12-13,15-16H2,(H,26,28). The Bertz CT molecular complexity index is 980. The molecule has 1 saturated heterocycles. The molecule has 0 radical (unpaired) electrons. The van der Waals surface area contributed by atoms with Gasteiger partial charge in [0.1, 0.15) is 17.2 Å². The number of nitrogens with one attached hydrogen (secondary N) is 1. The van der Waals surface area contributed by atoms with E-state index in [-0.39, 0.29) is 18.6 Å². The van der Waals surface area contributed by atoms with Gasteiger partial charge in [-0.3, -0.25) is 4.79 Å². The van der Waals surface area contributed by atoms with Crippen LogP contribution in [0.25, 0.3) is 11.3 Å². The van der Waals surface area contributed by atoms with Crippen molar-refractivity contribution in [2.75, 3.05) is 19.8 Å². The highest BCUT2D eigenvalue weighted by Gasteiger charge is 2.15. The third-order valence-electron chi connectivity index (χ3n) is 5.17. The van der Waals surface area contributed by atoms with Gasteiger partial charge in [-0.25, -0.2) is 0 Å². The maximum Gasteiger partial charge on any atom is 0.258 e. The van der Waals surface area contributed by atoms with Crippen LogP contribution >= 0.6 is 11.6 Å². The van der Waals surface area contributed by atoms with Crippen LogP contribution in [0.3, 0.4) is 0 Å². The van der Waals surface area contributed by atoms with E-state index >= 15 is 0 Å². The number of ether oxygens (including phenoxy) is 2. The average molecular weight is 441 g/mol. The fourth-order valence-electron chi connectivity index (χ4n) is 3.45. The summed E-state index contributed by atoms with van der Waals surface area (Å²) in [5.41, 5.74) is 2.77. The molecular formula is C24H25ClN2O4. The molecule has 2 heterocycles. The highest BCUT2D eigenvalue weighted by Crippen LogP contribution is 2.23. The van der Waals surface area contributed by atoms with E-state index in [0.717, 1.165) is 48.5 Å². The van der Waals surface area contributed by atoms with Crippen LogP contribution in [-0.2, 0) is 16.0 Å². The van der Waals surface area contributed by atoms with E-state index in [4.69, 9.17) is 25.6 Å². The molecule has 1 unspecified atom stereocenters. The summed E-state index contributed by atoms with van der Waals surface area (Å²) in [6.45, 7) is 1.28. The van der Waals surface area contributed by atoms with Gasteiger partial charge in [0.25, 0.3) is 5.91 Å². The molecule has 0 aliphatic carbocycles. The molecule has 1 amide bonds. The van der Waals surface area contributed by atoms with Gasteiger partial charge in [0.2, 0.25) is 0 Å². The molecule has 7 heteroatoms. The minimum atomic E-state index is -0.151. The Kier molecular flexibility index (Phi) is 7.22. The van der Waals surface area contributed by atoms with Crippen molar-refractivity contribution in [1.82, 2.24) is 10.5 Å². The molecular weight excluding hydrogens is 416 g/mol. The molecule has 1 aromatic heterocycles. The number of amides is 1. The van der Waals surface area contributed by atoms with Gasteiger partial charge < -0.3 is 19.3 Å². The monoisotopic (exact) mass is 440 g/mol. The summed E-state index contributed by atoms with van der Waals surface area (Å²) in [4.78, 5) is 12.0. The number of carbonyl (C=O) groups is 1. The maximum atomic E-state index is 12.0. The second-order valence-corrected chi connectivity index (χ2v) is 8.02. The van der Waals surface area contributed by atoms with Gasteiger partial charge in [0, 0.05) is 36.2 Å². The molecule has 1 aliphatic rings. The Morgan fingerprint density at radius 3 is 2.68 bits per heavy atom. The lowest BCUT2D eigenvalue weighted by Crippen LogP contribution is -2.37. The van der Waals surface area contributed by atoms with Crippen molar-refractivity contribution in [2.45, 2.75) is 31.8 Å². The fourth-order valence-corrected chi connectivity index (χ4v) is 3.58. The first-order chi connectivity index (χ1) is 15.2. The molecule has 0 spiro atoms. The van der Waals surface area contributed by atoms with E-state index in [1.165, 1.54) is 0 Å². The summed E-state index contributed by atoms with van der Waals surface area (Å²) in [6.07, 6.45) is 4.00. The van der Waals surface area contributed by atoms with Gasteiger partial charge in [0.05, 0.1) is 6.10 Å². The van der Waals surface area contributed by atoms with E-state index in [9.17, 15) is 4.79 Å². The van der Waals surface area contributed by atoms with Crippen molar-refractivity contribution < 1.29 is 18.8 Å². The maximum absolute atomic E-state index is 12.0. The third kappa shape index (κ3) is 6.32. The van der Waals surface area contributed by atoms with E-state index < -0.39 is 0 Å². The van der Waals surface area contributed by atoms with Crippen molar-refractivity contribution in [2.24, 2.45) is 0 Å². The molecule has 6 nitrogen and oxygen atoms in total. The first-order valence-electron chi connectivity index (χ1n) is 10.5. The van der Waals surface area contributed by atoms with E-state index in [2.05, 4.69) is 10.5 Å². The van der Waals surface area contributed by atoms with Crippen LogP contribution in [0.2, 0.25) is 5.02 Å². The van der Waals surface area contributed by atoms with Crippen molar-refractivity contribution in [1.29, 1.82) is 0 Å². The normalized spacial score (nSPS) is 16.1. The topological polar surface area (TPSA) is 73.6 Å². The molecule has 31 heavy (non-hydrogen) atoms. The Hall–Kier alpha value is -2.83. The molecule has 4 rings (SSSR count). The number of aromatic nitrogens is 1. The minimum absolute atomic E-state index is 0.0265. The predicted molar refractivity (Wildman–Crippen MR) is 118 cm³/mol. The van der Waals surface area contributed by atoms with Crippen LogP contribution in [0, 0.1) is 0 Å². The molecule has 0 bridgehead atoms. The summed E-state index contributed by atoms with van der Waals surface area (Å²) in [5, 5.41) is 7.73. The number of nitrogens with zero attached hydrogens (tertiary/aromatic N) is 1. The Morgan fingerprint density at radius 2 is 1.94 bits per heavy atom. The second-order valence-electron chi connectivity index (χ2n) is 7.59. The Balaban J connectivity index is 1.25. The summed E-state index contributed by atoms with van der Waals surface area (Å²) < 4.78 is 16.7. The highest BCUT2D eigenvalue weighted by atomic mass is 35.5. The van der Waals surface area contributed by atoms with Gasteiger partial charge in [-0.15, -0.1) is 0 Å². The third-order valence-corrected chi connectivity index (χ3v) is 5.42. The van der Waals surface area contributed by atoms with Crippen LogP contribution in [0.4, 0.5) is 0 Å². The second kappa shape index (κ2) is 10.5. The largest absolute Gasteiger partial charge is 0.484 e. The number of rotatable bonds is 8. The lowest BCUT2D eigenvalue weighted by atomic mass is 10.1. The zero-order valence-corrected chi connectivity index (χ0v) is 17.9. The van der Waals surface area contributed by atoms with Crippen LogP contribution in [0.5, 0.6) is 5.75 Å². The smallest absolute Gasteiger partial charge is 0.258 e. The van der Waals surface area contributed by atoms with Crippen molar-refractivity contribution in [3.63, 3.8) is 0 Å². The van der Waals surface area contributed by atoms with Crippen molar-refractivity contribution in [3.8, 4) is 17.0 Å². The molecule has 162 valence electrons. The molecule has 1 aliphatic heterocycles. The Morgan fingerprint density at radius 1 is 1.13 bits per heavy atom. The van der Waals surface area contributed by atoms with Crippen molar-refractivity contribution >= 4 is 17.5 Å². The van der Waals surface area contributed by atoms with Gasteiger partial charge in [-0.05, 0) is 61.2 Å². The zero-order valence-electron chi connectivity index (χ0n) is 17.2. The van der Waals surface area contributed by atoms with E-state index in [1.807, 2.05) is 54.6 Å². The van der Waals surface area contributed by atoms with Crippen molar-refractivity contribution in [3.05, 3.63) is 70.9 Å². The highest BCUT2D eigenvalue weighted by molar-refractivity contribution is 6.30. The van der Waals surface area contributed by atoms with Crippen LogP contribution in [0.1, 0.15) is 30.6 Å². The van der Waals surface area contributed by atoms with Crippen LogP contribution < -0.4 is 10.1 Å². The van der Waals surface area contributed by atoms with Gasteiger partial charge >= 0.3 is 0 Å². The summed E-state index contributed by atoms with van der Waals surface area (Å²) in [5.74, 6) is 1.25. The molecule has 3 aromatic rings. The lowest BCUT2D eigenvalue weighted by Gasteiger charge is -2.22. The number of hydrogen-bond acceptors (Lipinski definition) is 5. The molecule has 2 aromatic carbocycles. The first kappa shape index (κ1) is 21.4. The van der Waals surface area contributed by atoms with Gasteiger partial charge in [-0.2, -0.15) is 0 Å². The summed E-state index contributed by atoms with van der Waals surface area (Å²) in [6, 6.07) is 17.0. The number of halogens is 1. The number of carbonyl (C=O) groups excluding carboxylic acids is 1. The van der Waals surface area contributed by atoms with E-state index in [1.54, 1.807) is 0 Å². The van der Waals surface area contributed by atoms with Gasteiger partial charge in [-0.1, -0.05) is 28.9 Å². The summed E-state index contributed by atoms with van der Waals surface area (Å²) in [7, 11) is 0. The molecule has 1 fully saturated rings. The predicted octanol–water partition coefficient (Wildman–Crippen LogP) is 4.65. The average Bonchev–Trinajstić information content (AvgIpc) is 3.27. The van der Waals surface area contributed by atoms with E-state index in [0.29, 0.717) is 23.7 Å². The van der Waals surface area contributed by atoms with Crippen LogP contribution in [-0.4, -0.2) is 36.9 Å². The molecule has 0 saturated carbocycles. The van der Waals surface area contributed by atoms with Gasteiger partial charge in [0.15, 0.2) is 6.61 Å². The molecule has 1 N–H and O–H groups in total. The quantitative estimate of drug-likeness (QED) is 0.552.